The number of hydrogen-bond acceptors (Lipinski definition) is 4. The average molecular weight is 292 g/mol. The Morgan fingerprint density at radius 2 is 1.95 bits per heavy atom. The largest absolute Gasteiger partial charge is 0.396 e. The number of hydrogen-bond donors (Lipinski definition) is 2. The standard InChI is InChI=1S/C15H20N2O2S/c1-11(8-18)10-20-15-14(9-19)12(2)16-17(15)13-6-4-3-5-7-13/h3-7,11,18-19H,8-10H2,1-2H3. The van der Waals surface area contributed by atoms with Crippen molar-refractivity contribution in [2.75, 3.05) is 12.4 Å². The Balaban J connectivity index is 2.36. The van der Waals surface area contributed by atoms with E-state index in [0.717, 1.165) is 27.7 Å². The second-order valence-corrected chi connectivity index (χ2v) is 5.88. The summed E-state index contributed by atoms with van der Waals surface area (Å²) < 4.78 is 1.87. The van der Waals surface area contributed by atoms with Gasteiger partial charge < -0.3 is 10.2 Å². The molecular weight excluding hydrogens is 272 g/mol. The van der Waals surface area contributed by atoms with Gasteiger partial charge in [-0.3, -0.25) is 0 Å². The van der Waals surface area contributed by atoms with Gasteiger partial charge in [-0.05, 0) is 25.0 Å². The molecule has 2 rings (SSSR count). The van der Waals surface area contributed by atoms with Crippen LogP contribution in [-0.4, -0.2) is 32.4 Å². The average Bonchev–Trinajstić information content (AvgIpc) is 2.81. The molecule has 2 N–H and O–H groups in total. The van der Waals surface area contributed by atoms with Gasteiger partial charge in [0.15, 0.2) is 0 Å². The maximum atomic E-state index is 9.57. The smallest absolute Gasteiger partial charge is 0.106 e. The number of thioether (sulfide) groups is 1. The number of rotatable bonds is 6. The summed E-state index contributed by atoms with van der Waals surface area (Å²) in [5, 5.41) is 24.2. The van der Waals surface area contributed by atoms with Crippen LogP contribution in [0.25, 0.3) is 5.69 Å². The minimum atomic E-state index is -0.0193. The molecule has 0 aliphatic carbocycles. The third-order valence-electron chi connectivity index (χ3n) is 3.11. The highest BCUT2D eigenvalue weighted by Crippen LogP contribution is 2.29. The van der Waals surface area contributed by atoms with Gasteiger partial charge in [0, 0.05) is 17.9 Å². The quantitative estimate of drug-likeness (QED) is 0.803. The summed E-state index contributed by atoms with van der Waals surface area (Å²) in [7, 11) is 0. The summed E-state index contributed by atoms with van der Waals surface area (Å²) >= 11 is 1.63. The van der Waals surface area contributed by atoms with Crippen LogP contribution in [0.2, 0.25) is 0 Å². The number of aryl methyl sites for hydroxylation is 1. The van der Waals surface area contributed by atoms with E-state index in [0.29, 0.717) is 0 Å². The number of aliphatic hydroxyl groups excluding tert-OH is 2. The zero-order chi connectivity index (χ0) is 14.5. The first kappa shape index (κ1) is 15.1. The first-order valence-electron chi connectivity index (χ1n) is 6.65. The van der Waals surface area contributed by atoms with Gasteiger partial charge in [0.1, 0.15) is 5.03 Å². The van der Waals surface area contributed by atoms with E-state index in [1.807, 2.05) is 48.9 Å². The molecule has 108 valence electrons. The highest BCUT2D eigenvalue weighted by atomic mass is 32.2. The number of aliphatic hydroxyl groups is 2. The van der Waals surface area contributed by atoms with Crippen LogP contribution in [-0.2, 0) is 6.61 Å². The molecule has 0 saturated carbocycles. The number of benzene rings is 1. The molecule has 1 aromatic heterocycles. The van der Waals surface area contributed by atoms with Crippen LogP contribution in [0.5, 0.6) is 0 Å². The van der Waals surface area contributed by atoms with E-state index in [2.05, 4.69) is 5.10 Å². The lowest BCUT2D eigenvalue weighted by Crippen LogP contribution is -2.06. The molecule has 0 spiro atoms. The van der Waals surface area contributed by atoms with E-state index in [9.17, 15) is 5.11 Å². The minimum absolute atomic E-state index is 0.0193. The van der Waals surface area contributed by atoms with Crippen LogP contribution in [0.1, 0.15) is 18.2 Å². The van der Waals surface area contributed by atoms with Gasteiger partial charge in [-0.2, -0.15) is 5.10 Å². The van der Waals surface area contributed by atoms with Crippen molar-refractivity contribution in [3.8, 4) is 5.69 Å². The monoisotopic (exact) mass is 292 g/mol. The van der Waals surface area contributed by atoms with E-state index in [1.165, 1.54) is 0 Å². The molecule has 4 nitrogen and oxygen atoms in total. The lowest BCUT2D eigenvalue weighted by Gasteiger charge is -2.11. The molecule has 1 unspecified atom stereocenters. The minimum Gasteiger partial charge on any atom is -0.396 e. The predicted molar refractivity (Wildman–Crippen MR) is 81.2 cm³/mol. The number of aromatic nitrogens is 2. The lowest BCUT2D eigenvalue weighted by molar-refractivity contribution is 0.250. The van der Waals surface area contributed by atoms with Crippen molar-refractivity contribution in [3.63, 3.8) is 0 Å². The first-order chi connectivity index (χ1) is 9.67. The van der Waals surface area contributed by atoms with Gasteiger partial charge in [-0.15, -0.1) is 11.8 Å². The summed E-state index contributed by atoms with van der Waals surface area (Å²) in [5.41, 5.74) is 2.69. The molecular formula is C15H20N2O2S. The summed E-state index contributed by atoms with van der Waals surface area (Å²) in [4.78, 5) is 0. The molecule has 0 aliphatic heterocycles. The van der Waals surface area contributed by atoms with Crippen molar-refractivity contribution in [1.29, 1.82) is 0 Å². The van der Waals surface area contributed by atoms with Gasteiger partial charge in [0.05, 0.1) is 18.0 Å². The van der Waals surface area contributed by atoms with Crippen LogP contribution in [0.15, 0.2) is 35.4 Å². The van der Waals surface area contributed by atoms with Gasteiger partial charge in [0.25, 0.3) is 0 Å². The van der Waals surface area contributed by atoms with Crippen LogP contribution in [0, 0.1) is 12.8 Å². The fourth-order valence-corrected chi connectivity index (χ4v) is 3.09. The van der Waals surface area contributed by atoms with Crippen LogP contribution in [0.4, 0.5) is 0 Å². The topological polar surface area (TPSA) is 58.3 Å². The molecule has 1 heterocycles. The zero-order valence-corrected chi connectivity index (χ0v) is 12.6. The van der Waals surface area contributed by atoms with E-state index in [1.54, 1.807) is 11.8 Å². The lowest BCUT2D eigenvalue weighted by atomic mass is 10.2. The highest BCUT2D eigenvalue weighted by Gasteiger charge is 2.17. The molecule has 0 amide bonds. The Labute approximate surface area is 123 Å². The Morgan fingerprint density at radius 1 is 1.25 bits per heavy atom. The first-order valence-corrected chi connectivity index (χ1v) is 7.64. The Morgan fingerprint density at radius 3 is 2.55 bits per heavy atom. The second kappa shape index (κ2) is 6.92. The maximum absolute atomic E-state index is 9.57. The molecule has 1 aromatic carbocycles. The molecule has 1 atom stereocenters. The third kappa shape index (κ3) is 3.23. The van der Waals surface area contributed by atoms with Crippen LogP contribution < -0.4 is 0 Å². The predicted octanol–water partition coefficient (Wildman–Crippen LogP) is 2.39. The summed E-state index contributed by atoms with van der Waals surface area (Å²) in [6.45, 7) is 4.06. The van der Waals surface area contributed by atoms with Crippen molar-refractivity contribution in [3.05, 3.63) is 41.6 Å². The molecule has 20 heavy (non-hydrogen) atoms. The fraction of sp³-hybridized carbons (Fsp3) is 0.400. The Hall–Kier alpha value is -1.30. The fourth-order valence-electron chi connectivity index (χ4n) is 1.89. The number of para-hydroxylation sites is 1. The van der Waals surface area contributed by atoms with Crippen molar-refractivity contribution >= 4 is 11.8 Å². The van der Waals surface area contributed by atoms with Gasteiger partial charge >= 0.3 is 0 Å². The molecule has 0 aliphatic rings. The van der Waals surface area contributed by atoms with Crippen molar-refractivity contribution in [1.82, 2.24) is 9.78 Å². The van der Waals surface area contributed by atoms with Gasteiger partial charge in [0.2, 0.25) is 0 Å². The molecule has 5 heteroatoms. The van der Waals surface area contributed by atoms with Crippen molar-refractivity contribution < 1.29 is 10.2 Å². The SMILES string of the molecule is Cc1nn(-c2ccccc2)c(SCC(C)CO)c1CO. The molecule has 2 aromatic rings. The van der Waals surface area contributed by atoms with Gasteiger partial charge in [-0.25, -0.2) is 4.68 Å². The molecule has 0 radical (unpaired) electrons. The Bertz CT molecular complexity index is 555. The van der Waals surface area contributed by atoms with Gasteiger partial charge in [-0.1, -0.05) is 25.1 Å². The van der Waals surface area contributed by atoms with E-state index < -0.39 is 0 Å². The summed E-state index contributed by atoms with van der Waals surface area (Å²) in [5.74, 6) is 1.01. The normalized spacial score (nSPS) is 12.6. The summed E-state index contributed by atoms with van der Waals surface area (Å²) in [6.07, 6.45) is 0. The molecule has 0 fully saturated rings. The summed E-state index contributed by atoms with van der Waals surface area (Å²) in [6, 6.07) is 9.89. The number of nitrogens with zero attached hydrogens (tertiary/aromatic N) is 2. The molecule has 0 bridgehead atoms. The maximum Gasteiger partial charge on any atom is 0.106 e. The second-order valence-electron chi connectivity index (χ2n) is 4.87. The van der Waals surface area contributed by atoms with Crippen LogP contribution >= 0.6 is 11.8 Å². The zero-order valence-electron chi connectivity index (χ0n) is 11.8. The highest BCUT2D eigenvalue weighted by molar-refractivity contribution is 7.99. The van der Waals surface area contributed by atoms with E-state index in [4.69, 9.17) is 5.11 Å². The van der Waals surface area contributed by atoms with Crippen LogP contribution in [0.3, 0.4) is 0 Å². The van der Waals surface area contributed by atoms with Crippen molar-refractivity contribution in [2.45, 2.75) is 25.5 Å². The third-order valence-corrected chi connectivity index (χ3v) is 4.54. The molecule has 0 saturated heterocycles. The van der Waals surface area contributed by atoms with E-state index in [-0.39, 0.29) is 19.1 Å². The van der Waals surface area contributed by atoms with Crippen molar-refractivity contribution in [2.24, 2.45) is 5.92 Å². The Kier molecular flexibility index (Phi) is 5.23. The van der Waals surface area contributed by atoms with E-state index >= 15 is 0 Å².